The first-order chi connectivity index (χ1) is 9.40. The fourth-order valence-corrected chi connectivity index (χ4v) is 1.99. The van der Waals surface area contributed by atoms with Gasteiger partial charge in [0.1, 0.15) is 0 Å². The number of benzene rings is 1. The molecule has 0 spiro atoms. The van der Waals surface area contributed by atoms with E-state index >= 15 is 0 Å². The highest BCUT2D eigenvalue weighted by Gasteiger charge is 2.01. The Morgan fingerprint density at radius 2 is 1.89 bits per heavy atom. The summed E-state index contributed by atoms with van der Waals surface area (Å²) in [5.41, 5.74) is 9.01. The third kappa shape index (κ3) is 4.47. The molecule has 0 aliphatic rings. The number of hydrogen-bond donors (Lipinski definition) is 1. The first kappa shape index (κ1) is 13.7. The molecule has 19 heavy (non-hydrogen) atoms. The molecule has 1 heterocycles. The standard InChI is InChI=1S/C16H20N2O/c17-12-16-15(9-4-10-18-16)13-19-11-5-8-14-6-2-1-3-7-14/h1-4,6-7,9-10H,5,8,11-13,17H2. The SMILES string of the molecule is NCc1ncccc1COCCCc1ccccc1. The van der Waals surface area contributed by atoms with Crippen LogP contribution in [-0.2, 0) is 24.3 Å². The maximum absolute atomic E-state index is 5.69. The summed E-state index contributed by atoms with van der Waals surface area (Å²) in [5.74, 6) is 0. The maximum Gasteiger partial charge on any atom is 0.0735 e. The molecule has 2 aromatic rings. The highest BCUT2D eigenvalue weighted by Crippen LogP contribution is 2.07. The summed E-state index contributed by atoms with van der Waals surface area (Å²) < 4.78 is 5.69. The lowest BCUT2D eigenvalue weighted by molar-refractivity contribution is 0.118. The Labute approximate surface area is 114 Å². The van der Waals surface area contributed by atoms with Crippen LogP contribution in [0.25, 0.3) is 0 Å². The van der Waals surface area contributed by atoms with E-state index in [0.717, 1.165) is 30.7 Å². The zero-order valence-corrected chi connectivity index (χ0v) is 11.1. The highest BCUT2D eigenvalue weighted by atomic mass is 16.5. The van der Waals surface area contributed by atoms with Crippen LogP contribution in [0.5, 0.6) is 0 Å². The van der Waals surface area contributed by atoms with Gasteiger partial charge in [-0.3, -0.25) is 4.98 Å². The smallest absolute Gasteiger partial charge is 0.0735 e. The maximum atomic E-state index is 5.69. The van der Waals surface area contributed by atoms with Crippen LogP contribution in [0.2, 0.25) is 0 Å². The Bertz CT molecular complexity index is 485. The third-order valence-corrected chi connectivity index (χ3v) is 3.03. The van der Waals surface area contributed by atoms with E-state index in [1.54, 1.807) is 6.20 Å². The van der Waals surface area contributed by atoms with Crippen LogP contribution in [0.4, 0.5) is 0 Å². The number of aromatic nitrogens is 1. The van der Waals surface area contributed by atoms with Gasteiger partial charge in [-0.25, -0.2) is 0 Å². The van der Waals surface area contributed by atoms with Gasteiger partial charge in [-0.2, -0.15) is 0 Å². The lowest BCUT2D eigenvalue weighted by Gasteiger charge is -2.07. The molecule has 2 rings (SSSR count). The first-order valence-electron chi connectivity index (χ1n) is 6.64. The van der Waals surface area contributed by atoms with Gasteiger partial charge in [0.25, 0.3) is 0 Å². The van der Waals surface area contributed by atoms with Crippen molar-refractivity contribution in [3.8, 4) is 0 Å². The summed E-state index contributed by atoms with van der Waals surface area (Å²) in [7, 11) is 0. The number of pyridine rings is 1. The molecule has 0 fully saturated rings. The third-order valence-electron chi connectivity index (χ3n) is 3.03. The molecule has 2 N–H and O–H groups in total. The summed E-state index contributed by atoms with van der Waals surface area (Å²) in [4.78, 5) is 4.24. The largest absolute Gasteiger partial charge is 0.377 e. The number of hydrogen-bond acceptors (Lipinski definition) is 3. The van der Waals surface area contributed by atoms with Gasteiger partial charge in [-0.15, -0.1) is 0 Å². The molecule has 3 heteroatoms. The molecule has 3 nitrogen and oxygen atoms in total. The number of rotatable bonds is 7. The van der Waals surface area contributed by atoms with Gasteiger partial charge in [0.15, 0.2) is 0 Å². The summed E-state index contributed by atoms with van der Waals surface area (Å²) >= 11 is 0. The van der Waals surface area contributed by atoms with Crippen molar-refractivity contribution in [3.63, 3.8) is 0 Å². The Hall–Kier alpha value is -1.71. The number of aryl methyl sites for hydroxylation is 1. The predicted molar refractivity (Wildman–Crippen MR) is 76.5 cm³/mol. The molecule has 1 aromatic heterocycles. The number of ether oxygens (including phenoxy) is 1. The first-order valence-corrected chi connectivity index (χ1v) is 6.64. The number of nitrogens with two attached hydrogens (primary N) is 1. The molecule has 1 aromatic carbocycles. The van der Waals surface area contributed by atoms with E-state index < -0.39 is 0 Å². The normalized spacial score (nSPS) is 10.6. The summed E-state index contributed by atoms with van der Waals surface area (Å²) in [6.45, 7) is 1.81. The van der Waals surface area contributed by atoms with E-state index in [1.165, 1.54) is 5.56 Å². The van der Waals surface area contributed by atoms with Crippen molar-refractivity contribution in [2.75, 3.05) is 6.61 Å². The predicted octanol–water partition coefficient (Wildman–Crippen LogP) is 2.69. The molecular weight excluding hydrogens is 236 g/mol. The topological polar surface area (TPSA) is 48.1 Å². The molecule has 0 bridgehead atoms. The molecule has 0 aliphatic carbocycles. The lowest BCUT2D eigenvalue weighted by Crippen LogP contribution is -2.06. The molecule has 0 atom stereocenters. The van der Waals surface area contributed by atoms with Gasteiger partial charge in [0.05, 0.1) is 12.3 Å². The van der Waals surface area contributed by atoms with Gasteiger partial charge in [0, 0.05) is 24.9 Å². The average Bonchev–Trinajstić information content (AvgIpc) is 2.48. The molecule has 0 unspecified atom stereocenters. The van der Waals surface area contributed by atoms with Crippen molar-refractivity contribution in [1.82, 2.24) is 4.98 Å². The van der Waals surface area contributed by atoms with E-state index in [0.29, 0.717) is 13.2 Å². The molecule has 100 valence electrons. The van der Waals surface area contributed by atoms with E-state index in [1.807, 2.05) is 18.2 Å². The quantitative estimate of drug-likeness (QED) is 0.775. The van der Waals surface area contributed by atoms with Crippen LogP contribution < -0.4 is 5.73 Å². The number of nitrogens with zero attached hydrogens (tertiary/aromatic N) is 1. The van der Waals surface area contributed by atoms with Crippen LogP contribution in [0.15, 0.2) is 48.7 Å². The average molecular weight is 256 g/mol. The van der Waals surface area contributed by atoms with Crippen LogP contribution in [-0.4, -0.2) is 11.6 Å². The van der Waals surface area contributed by atoms with Crippen molar-refractivity contribution in [1.29, 1.82) is 0 Å². The Kier molecular flexibility index (Phi) is 5.53. The zero-order chi connectivity index (χ0) is 13.3. The fourth-order valence-electron chi connectivity index (χ4n) is 1.99. The zero-order valence-electron chi connectivity index (χ0n) is 11.1. The molecular formula is C16H20N2O. The Morgan fingerprint density at radius 3 is 2.68 bits per heavy atom. The van der Waals surface area contributed by atoms with Gasteiger partial charge < -0.3 is 10.5 Å². The Morgan fingerprint density at radius 1 is 1.05 bits per heavy atom. The van der Waals surface area contributed by atoms with Crippen LogP contribution >= 0.6 is 0 Å². The van der Waals surface area contributed by atoms with Crippen LogP contribution in [0.1, 0.15) is 23.2 Å². The van der Waals surface area contributed by atoms with Crippen molar-refractivity contribution in [2.24, 2.45) is 5.73 Å². The second-order valence-corrected chi connectivity index (χ2v) is 4.46. The second-order valence-electron chi connectivity index (χ2n) is 4.46. The van der Waals surface area contributed by atoms with E-state index in [4.69, 9.17) is 10.5 Å². The van der Waals surface area contributed by atoms with Crippen molar-refractivity contribution in [3.05, 3.63) is 65.5 Å². The summed E-state index contributed by atoms with van der Waals surface area (Å²) in [6, 6.07) is 14.4. The lowest BCUT2D eigenvalue weighted by atomic mass is 10.1. The minimum Gasteiger partial charge on any atom is -0.377 e. The fraction of sp³-hybridized carbons (Fsp3) is 0.312. The molecule has 0 saturated carbocycles. The van der Waals surface area contributed by atoms with E-state index in [-0.39, 0.29) is 0 Å². The van der Waals surface area contributed by atoms with Crippen molar-refractivity contribution >= 4 is 0 Å². The molecule has 0 saturated heterocycles. The minimum atomic E-state index is 0.462. The summed E-state index contributed by atoms with van der Waals surface area (Å²) in [5, 5.41) is 0. The van der Waals surface area contributed by atoms with Gasteiger partial charge in [0.2, 0.25) is 0 Å². The van der Waals surface area contributed by atoms with Gasteiger partial charge in [-0.05, 0) is 24.5 Å². The molecule has 0 amide bonds. The molecule has 0 radical (unpaired) electrons. The van der Waals surface area contributed by atoms with Gasteiger partial charge >= 0.3 is 0 Å². The minimum absolute atomic E-state index is 0.462. The van der Waals surface area contributed by atoms with Crippen molar-refractivity contribution in [2.45, 2.75) is 26.0 Å². The monoisotopic (exact) mass is 256 g/mol. The van der Waals surface area contributed by atoms with Crippen LogP contribution in [0.3, 0.4) is 0 Å². The highest BCUT2D eigenvalue weighted by molar-refractivity contribution is 5.18. The van der Waals surface area contributed by atoms with Crippen LogP contribution in [0, 0.1) is 0 Å². The van der Waals surface area contributed by atoms with E-state index in [9.17, 15) is 0 Å². The van der Waals surface area contributed by atoms with E-state index in [2.05, 4.69) is 29.2 Å². The van der Waals surface area contributed by atoms with Gasteiger partial charge in [-0.1, -0.05) is 36.4 Å². The summed E-state index contributed by atoms with van der Waals surface area (Å²) in [6.07, 6.45) is 3.85. The molecule has 0 aliphatic heterocycles. The second kappa shape index (κ2) is 7.67. The van der Waals surface area contributed by atoms with Crippen molar-refractivity contribution < 1.29 is 4.74 Å². The Balaban J connectivity index is 1.69.